The first-order valence-electron chi connectivity index (χ1n) is 3.81. The number of aromatic nitrogens is 1. The molecule has 1 aromatic heterocycles. The molecule has 0 spiro atoms. The number of carbonyl (C=O) groups excluding carboxylic acids is 1. The Kier molecular flexibility index (Phi) is 2.10. The molecule has 0 saturated carbocycles. The molecule has 1 aromatic carbocycles. The van der Waals surface area contributed by atoms with Crippen molar-refractivity contribution < 1.29 is 4.79 Å². The second-order valence-corrected chi connectivity index (χ2v) is 3.54. The first kappa shape index (κ1) is 8.38. The maximum absolute atomic E-state index is 10.5. The Labute approximate surface area is 83.7 Å². The monoisotopic (exact) mass is 235 g/mol. The van der Waals surface area contributed by atoms with Gasteiger partial charge in [0.15, 0.2) is 6.29 Å². The van der Waals surface area contributed by atoms with E-state index in [1.54, 1.807) is 12.3 Å². The summed E-state index contributed by atoms with van der Waals surface area (Å²) >= 11 is 3.42. The van der Waals surface area contributed by atoms with Crippen LogP contribution in [0.15, 0.2) is 34.9 Å². The summed E-state index contributed by atoms with van der Waals surface area (Å²) in [5.41, 5.74) is 0.458. The number of benzene rings is 1. The molecule has 0 aliphatic heterocycles. The molecule has 0 radical (unpaired) electrons. The molecule has 0 aliphatic carbocycles. The van der Waals surface area contributed by atoms with Gasteiger partial charge in [-0.25, -0.2) is 0 Å². The van der Waals surface area contributed by atoms with Crippen molar-refractivity contribution in [2.45, 2.75) is 0 Å². The van der Waals surface area contributed by atoms with Crippen molar-refractivity contribution in [3.05, 3.63) is 40.6 Å². The van der Waals surface area contributed by atoms with Crippen LogP contribution in [0.4, 0.5) is 0 Å². The van der Waals surface area contributed by atoms with Gasteiger partial charge in [-0.1, -0.05) is 28.1 Å². The molecule has 3 heteroatoms. The smallest absolute Gasteiger partial charge is 0.168 e. The van der Waals surface area contributed by atoms with E-state index in [0.29, 0.717) is 5.69 Å². The molecule has 0 atom stereocenters. The Morgan fingerprint density at radius 3 is 3.00 bits per heavy atom. The number of nitrogens with zero attached hydrogens (tertiary/aromatic N) is 1. The molecule has 2 nitrogen and oxygen atoms in total. The van der Waals surface area contributed by atoms with Crippen LogP contribution >= 0.6 is 15.9 Å². The Bertz CT molecular complexity index is 467. The highest BCUT2D eigenvalue weighted by Crippen LogP contribution is 2.23. The third-order valence-corrected chi connectivity index (χ3v) is 2.54. The molecule has 0 amide bonds. The van der Waals surface area contributed by atoms with Gasteiger partial charge in [-0.3, -0.25) is 9.78 Å². The van der Waals surface area contributed by atoms with Gasteiger partial charge >= 0.3 is 0 Å². The van der Waals surface area contributed by atoms with Crippen LogP contribution in [0.2, 0.25) is 0 Å². The van der Waals surface area contributed by atoms with E-state index in [0.717, 1.165) is 21.5 Å². The van der Waals surface area contributed by atoms with E-state index < -0.39 is 0 Å². The minimum absolute atomic E-state index is 0.458. The lowest BCUT2D eigenvalue weighted by Gasteiger charge is -1.99. The van der Waals surface area contributed by atoms with Crippen molar-refractivity contribution in [3.63, 3.8) is 0 Å². The first-order valence-corrected chi connectivity index (χ1v) is 4.60. The molecule has 0 saturated heterocycles. The number of pyridine rings is 1. The van der Waals surface area contributed by atoms with Gasteiger partial charge in [-0.15, -0.1) is 0 Å². The molecule has 1 heterocycles. The fraction of sp³-hybridized carbons (Fsp3) is 0. The standard InChI is InChI=1S/C10H6BrNO/c11-10-3-1-2-7-5-12-8(6-13)4-9(7)10/h1-6H. The Morgan fingerprint density at radius 2 is 2.23 bits per heavy atom. The van der Waals surface area contributed by atoms with Crippen LogP contribution in [0.25, 0.3) is 10.8 Å². The highest BCUT2D eigenvalue weighted by molar-refractivity contribution is 9.10. The predicted molar refractivity (Wildman–Crippen MR) is 54.8 cm³/mol. The quantitative estimate of drug-likeness (QED) is 0.712. The van der Waals surface area contributed by atoms with E-state index in [-0.39, 0.29) is 0 Å². The van der Waals surface area contributed by atoms with Gasteiger partial charge in [0.2, 0.25) is 0 Å². The van der Waals surface area contributed by atoms with Gasteiger partial charge in [0, 0.05) is 16.1 Å². The third-order valence-electron chi connectivity index (χ3n) is 1.85. The Hall–Kier alpha value is -1.22. The van der Waals surface area contributed by atoms with Gasteiger partial charge in [0.05, 0.1) is 0 Å². The number of aldehydes is 1. The maximum atomic E-state index is 10.5. The summed E-state index contributed by atoms with van der Waals surface area (Å²) in [5, 5.41) is 2.04. The minimum Gasteiger partial charge on any atom is -0.296 e. The molecule has 64 valence electrons. The summed E-state index contributed by atoms with van der Waals surface area (Å²) in [6.45, 7) is 0. The van der Waals surface area contributed by atoms with E-state index in [2.05, 4.69) is 20.9 Å². The summed E-state index contributed by atoms with van der Waals surface area (Å²) in [4.78, 5) is 14.5. The number of hydrogen-bond acceptors (Lipinski definition) is 2. The molecule has 2 aromatic rings. The van der Waals surface area contributed by atoms with Crippen LogP contribution in [0.1, 0.15) is 10.5 Å². The summed E-state index contributed by atoms with van der Waals surface area (Å²) in [6, 6.07) is 7.61. The predicted octanol–water partition coefficient (Wildman–Crippen LogP) is 2.81. The zero-order valence-electron chi connectivity index (χ0n) is 6.70. The van der Waals surface area contributed by atoms with Crippen molar-refractivity contribution in [1.29, 1.82) is 0 Å². The summed E-state index contributed by atoms with van der Waals surface area (Å²) < 4.78 is 0.982. The molecular formula is C10H6BrNO. The fourth-order valence-electron chi connectivity index (χ4n) is 1.21. The number of halogens is 1. The van der Waals surface area contributed by atoms with Gasteiger partial charge < -0.3 is 0 Å². The molecule has 0 aliphatic rings. The van der Waals surface area contributed by atoms with Crippen molar-refractivity contribution in [2.24, 2.45) is 0 Å². The van der Waals surface area contributed by atoms with Crippen LogP contribution < -0.4 is 0 Å². The lowest BCUT2D eigenvalue weighted by Crippen LogP contribution is -1.86. The van der Waals surface area contributed by atoms with Crippen molar-refractivity contribution >= 4 is 33.0 Å². The highest BCUT2D eigenvalue weighted by Gasteiger charge is 1.99. The summed E-state index contributed by atoms with van der Waals surface area (Å²) in [5.74, 6) is 0. The normalized spacial score (nSPS) is 10.2. The number of fused-ring (bicyclic) bond motifs is 1. The molecule has 0 fully saturated rings. The summed E-state index contributed by atoms with van der Waals surface area (Å²) in [6.07, 6.45) is 2.45. The first-order chi connectivity index (χ1) is 6.31. The van der Waals surface area contributed by atoms with E-state index in [4.69, 9.17) is 0 Å². The minimum atomic E-state index is 0.458. The second-order valence-electron chi connectivity index (χ2n) is 2.69. The number of hydrogen-bond donors (Lipinski definition) is 0. The van der Waals surface area contributed by atoms with Crippen molar-refractivity contribution in [3.8, 4) is 0 Å². The SMILES string of the molecule is O=Cc1cc2c(Br)cccc2cn1. The van der Waals surface area contributed by atoms with Crippen LogP contribution in [0.5, 0.6) is 0 Å². The molecule has 13 heavy (non-hydrogen) atoms. The second kappa shape index (κ2) is 3.26. The van der Waals surface area contributed by atoms with E-state index >= 15 is 0 Å². The Balaban J connectivity index is 2.81. The van der Waals surface area contributed by atoms with Gasteiger partial charge in [0.1, 0.15) is 5.69 Å². The topological polar surface area (TPSA) is 30.0 Å². The average molecular weight is 236 g/mol. The van der Waals surface area contributed by atoms with Crippen LogP contribution in [0, 0.1) is 0 Å². The fourth-order valence-corrected chi connectivity index (χ4v) is 1.71. The van der Waals surface area contributed by atoms with Crippen LogP contribution in [-0.4, -0.2) is 11.3 Å². The lowest BCUT2D eigenvalue weighted by atomic mass is 10.1. The van der Waals surface area contributed by atoms with Gasteiger partial charge in [0.25, 0.3) is 0 Å². The number of carbonyl (C=O) groups is 1. The average Bonchev–Trinajstić information content (AvgIpc) is 2.18. The van der Waals surface area contributed by atoms with Gasteiger partial charge in [-0.2, -0.15) is 0 Å². The molecule has 0 N–H and O–H groups in total. The number of rotatable bonds is 1. The van der Waals surface area contributed by atoms with E-state index in [1.165, 1.54) is 0 Å². The van der Waals surface area contributed by atoms with E-state index in [1.807, 2.05) is 18.2 Å². The molecule has 2 rings (SSSR count). The zero-order valence-corrected chi connectivity index (χ0v) is 8.28. The van der Waals surface area contributed by atoms with Crippen molar-refractivity contribution in [2.75, 3.05) is 0 Å². The molecule has 0 unspecified atom stereocenters. The largest absolute Gasteiger partial charge is 0.296 e. The van der Waals surface area contributed by atoms with Crippen molar-refractivity contribution in [1.82, 2.24) is 4.98 Å². The van der Waals surface area contributed by atoms with Crippen LogP contribution in [-0.2, 0) is 0 Å². The van der Waals surface area contributed by atoms with E-state index in [9.17, 15) is 4.79 Å². The molecule has 0 bridgehead atoms. The zero-order chi connectivity index (χ0) is 9.26. The third kappa shape index (κ3) is 1.47. The van der Waals surface area contributed by atoms with Crippen LogP contribution in [0.3, 0.4) is 0 Å². The van der Waals surface area contributed by atoms with Gasteiger partial charge in [-0.05, 0) is 17.5 Å². The lowest BCUT2D eigenvalue weighted by molar-refractivity contribution is 0.111. The highest BCUT2D eigenvalue weighted by atomic mass is 79.9. The molecular weight excluding hydrogens is 230 g/mol. The summed E-state index contributed by atoms with van der Waals surface area (Å²) in [7, 11) is 0. The Morgan fingerprint density at radius 1 is 1.38 bits per heavy atom. The maximum Gasteiger partial charge on any atom is 0.168 e.